The molecule has 6 heteroatoms. The van der Waals surface area contributed by atoms with Crippen molar-refractivity contribution in [2.45, 2.75) is 13.8 Å². The minimum atomic E-state index is -0.279. The van der Waals surface area contributed by atoms with Crippen LogP contribution < -0.4 is 5.32 Å². The summed E-state index contributed by atoms with van der Waals surface area (Å²) in [4.78, 5) is 32.4. The van der Waals surface area contributed by atoms with Crippen LogP contribution in [0.15, 0.2) is 55.1 Å². The summed E-state index contributed by atoms with van der Waals surface area (Å²) in [5.74, 6) is -0.479. The fourth-order valence-corrected chi connectivity index (χ4v) is 3.65. The third-order valence-electron chi connectivity index (χ3n) is 4.27. The maximum absolute atomic E-state index is 13.1. The molecule has 1 N–H and O–H groups in total. The predicted octanol–water partition coefficient (Wildman–Crippen LogP) is 4.18. The summed E-state index contributed by atoms with van der Waals surface area (Å²) in [5.41, 5.74) is 1.47. The first kappa shape index (κ1) is 18.8. The van der Waals surface area contributed by atoms with E-state index in [1.165, 1.54) is 16.2 Å². The van der Waals surface area contributed by atoms with Crippen LogP contribution in [0.2, 0.25) is 0 Å². The van der Waals surface area contributed by atoms with Gasteiger partial charge in [0, 0.05) is 17.0 Å². The summed E-state index contributed by atoms with van der Waals surface area (Å²) in [6.07, 6.45) is 1.62. The normalized spacial score (nSPS) is 10.6. The molecular weight excluding hydrogens is 358 g/mol. The van der Waals surface area contributed by atoms with Crippen molar-refractivity contribution in [2.24, 2.45) is 0 Å². The summed E-state index contributed by atoms with van der Waals surface area (Å²) >= 11 is 1.42. The average Bonchev–Trinajstić information content (AvgIpc) is 2.97. The number of carbonyl (C=O) groups excluding carboxylic acids is 2. The van der Waals surface area contributed by atoms with E-state index in [1.807, 2.05) is 50.2 Å². The number of aromatic nitrogens is 1. The Morgan fingerprint density at radius 3 is 2.63 bits per heavy atom. The quantitative estimate of drug-likeness (QED) is 0.654. The summed E-state index contributed by atoms with van der Waals surface area (Å²) in [6.45, 7) is 7.78. The van der Waals surface area contributed by atoms with Gasteiger partial charge in [-0.2, -0.15) is 0 Å². The molecule has 3 rings (SSSR count). The standard InChI is InChI=1S/C21H21N3O2S/c1-4-12-24(13-19(25)23-21-22-14(2)15(3)27-21)20(26)18-11-7-9-16-8-5-6-10-17(16)18/h4-11H,1,12-13H2,2-3H3,(H,22,23,25). The fourth-order valence-electron chi connectivity index (χ4n) is 2.82. The second-order valence-corrected chi connectivity index (χ2v) is 7.41. The third-order valence-corrected chi connectivity index (χ3v) is 5.25. The van der Waals surface area contributed by atoms with Crippen LogP contribution in [0.1, 0.15) is 20.9 Å². The second-order valence-electron chi connectivity index (χ2n) is 6.21. The van der Waals surface area contributed by atoms with E-state index in [4.69, 9.17) is 0 Å². The molecule has 0 bridgehead atoms. The van der Waals surface area contributed by atoms with Crippen molar-refractivity contribution in [2.75, 3.05) is 18.4 Å². The van der Waals surface area contributed by atoms with Crippen LogP contribution in [-0.4, -0.2) is 34.8 Å². The van der Waals surface area contributed by atoms with Crippen molar-refractivity contribution in [1.82, 2.24) is 9.88 Å². The van der Waals surface area contributed by atoms with E-state index in [0.29, 0.717) is 10.7 Å². The molecular formula is C21H21N3O2S. The Bertz CT molecular complexity index is 985. The van der Waals surface area contributed by atoms with E-state index in [9.17, 15) is 9.59 Å². The molecule has 0 fully saturated rings. The molecule has 0 radical (unpaired) electrons. The number of carbonyl (C=O) groups is 2. The summed E-state index contributed by atoms with van der Waals surface area (Å²) in [7, 11) is 0. The third kappa shape index (κ3) is 4.23. The molecule has 0 saturated heterocycles. The van der Waals surface area contributed by atoms with Gasteiger partial charge in [0.2, 0.25) is 5.91 Å². The van der Waals surface area contributed by atoms with Gasteiger partial charge in [-0.15, -0.1) is 17.9 Å². The van der Waals surface area contributed by atoms with Crippen LogP contribution >= 0.6 is 11.3 Å². The Labute approximate surface area is 162 Å². The number of fused-ring (bicyclic) bond motifs is 1. The number of amides is 2. The minimum Gasteiger partial charge on any atom is -0.326 e. The molecule has 0 unspecified atom stereocenters. The SMILES string of the molecule is C=CCN(CC(=O)Nc1nc(C)c(C)s1)C(=O)c1cccc2ccccc12. The first-order valence-corrected chi connectivity index (χ1v) is 9.43. The topological polar surface area (TPSA) is 62.3 Å². The molecule has 2 aromatic carbocycles. The number of nitrogens with zero attached hydrogens (tertiary/aromatic N) is 2. The molecule has 5 nitrogen and oxygen atoms in total. The largest absolute Gasteiger partial charge is 0.326 e. The van der Waals surface area contributed by atoms with E-state index >= 15 is 0 Å². The highest BCUT2D eigenvalue weighted by atomic mass is 32.1. The van der Waals surface area contributed by atoms with Crippen molar-refractivity contribution in [1.29, 1.82) is 0 Å². The minimum absolute atomic E-state index is 0.0637. The molecule has 0 atom stereocenters. The Morgan fingerprint density at radius 1 is 1.19 bits per heavy atom. The molecule has 0 aliphatic rings. The van der Waals surface area contributed by atoms with Gasteiger partial charge in [-0.05, 0) is 30.7 Å². The monoisotopic (exact) mass is 379 g/mol. The summed E-state index contributed by atoms with van der Waals surface area (Å²) in [5, 5.41) is 5.18. The number of hydrogen-bond acceptors (Lipinski definition) is 4. The fraction of sp³-hybridized carbons (Fsp3) is 0.190. The highest BCUT2D eigenvalue weighted by Crippen LogP contribution is 2.22. The van der Waals surface area contributed by atoms with E-state index < -0.39 is 0 Å². The summed E-state index contributed by atoms with van der Waals surface area (Å²) in [6, 6.07) is 13.3. The highest BCUT2D eigenvalue weighted by Gasteiger charge is 2.20. The van der Waals surface area contributed by atoms with E-state index in [2.05, 4.69) is 16.9 Å². The van der Waals surface area contributed by atoms with E-state index in [0.717, 1.165) is 21.3 Å². The highest BCUT2D eigenvalue weighted by molar-refractivity contribution is 7.15. The van der Waals surface area contributed by atoms with Crippen LogP contribution in [0, 0.1) is 13.8 Å². The second kappa shape index (κ2) is 8.14. The van der Waals surface area contributed by atoms with Gasteiger partial charge in [-0.1, -0.05) is 42.5 Å². The zero-order chi connectivity index (χ0) is 19.4. The van der Waals surface area contributed by atoms with Gasteiger partial charge in [0.1, 0.15) is 6.54 Å². The van der Waals surface area contributed by atoms with Crippen LogP contribution in [0.3, 0.4) is 0 Å². The van der Waals surface area contributed by atoms with Gasteiger partial charge >= 0.3 is 0 Å². The number of thiazole rings is 1. The molecule has 3 aromatic rings. The van der Waals surface area contributed by atoms with Crippen molar-refractivity contribution >= 4 is 39.1 Å². The van der Waals surface area contributed by atoms with Gasteiger partial charge in [0.05, 0.1) is 5.69 Å². The Balaban J connectivity index is 1.80. The first-order valence-electron chi connectivity index (χ1n) is 8.61. The molecule has 1 heterocycles. The van der Waals surface area contributed by atoms with Crippen LogP contribution in [-0.2, 0) is 4.79 Å². The van der Waals surface area contributed by atoms with Crippen LogP contribution in [0.5, 0.6) is 0 Å². The Morgan fingerprint density at radius 2 is 1.93 bits per heavy atom. The van der Waals surface area contributed by atoms with Crippen LogP contribution in [0.25, 0.3) is 10.8 Å². The number of rotatable bonds is 6. The molecule has 0 saturated carbocycles. The lowest BCUT2D eigenvalue weighted by molar-refractivity contribution is -0.116. The number of benzene rings is 2. The van der Waals surface area contributed by atoms with Gasteiger partial charge < -0.3 is 10.2 Å². The lowest BCUT2D eigenvalue weighted by Crippen LogP contribution is -2.38. The van der Waals surface area contributed by atoms with E-state index in [-0.39, 0.29) is 24.9 Å². The van der Waals surface area contributed by atoms with Crippen molar-refractivity contribution in [3.63, 3.8) is 0 Å². The first-order chi connectivity index (χ1) is 13.0. The molecule has 2 amide bonds. The Hall–Kier alpha value is -2.99. The number of hydrogen-bond donors (Lipinski definition) is 1. The zero-order valence-corrected chi connectivity index (χ0v) is 16.2. The predicted molar refractivity (Wildman–Crippen MR) is 110 cm³/mol. The number of anilines is 1. The van der Waals surface area contributed by atoms with Gasteiger partial charge in [-0.3, -0.25) is 9.59 Å². The van der Waals surface area contributed by atoms with Gasteiger partial charge in [0.15, 0.2) is 5.13 Å². The van der Waals surface area contributed by atoms with Crippen molar-refractivity contribution in [3.05, 3.63) is 71.3 Å². The lowest BCUT2D eigenvalue weighted by Gasteiger charge is -2.21. The van der Waals surface area contributed by atoms with Crippen molar-refractivity contribution < 1.29 is 9.59 Å². The maximum atomic E-state index is 13.1. The molecule has 0 aliphatic heterocycles. The lowest BCUT2D eigenvalue weighted by atomic mass is 10.0. The molecule has 27 heavy (non-hydrogen) atoms. The number of nitrogens with one attached hydrogen (secondary N) is 1. The van der Waals surface area contributed by atoms with Crippen molar-refractivity contribution in [3.8, 4) is 0 Å². The summed E-state index contributed by atoms with van der Waals surface area (Å²) < 4.78 is 0. The maximum Gasteiger partial charge on any atom is 0.255 e. The number of aryl methyl sites for hydroxylation is 2. The van der Waals surface area contributed by atoms with Gasteiger partial charge in [0.25, 0.3) is 5.91 Å². The zero-order valence-electron chi connectivity index (χ0n) is 15.4. The molecule has 1 aromatic heterocycles. The average molecular weight is 379 g/mol. The Kier molecular flexibility index (Phi) is 5.66. The molecule has 0 spiro atoms. The van der Waals surface area contributed by atoms with Crippen LogP contribution in [0.4, 0.5) is 5.13 Å². The molecule has 138 valence electrons. The molecule has 0 aliphatic carbocycles. The smallest absolute Gasteiger partial charge is 0.255 e. The van der Waals surface area contributed by atoms with Gasteiger partial charge in [-0.25, -0.2) is 4.98 Å². The van der Waals surface area contributed by atoms with E-state index in [1.54, 1.807) is 12.1 Å².